The number of rotatable bonds is 0. The van der Waals surface area contributed by atoms with Gasteiger partial charge >= 0.3 is 6.18 Å². The highest BCUT2D eigenvalue weighted by molar-refractivity contribution is 4.95. The van der Waals surface area contributed by atoms with Crippen LogP contribution in [0, 0.1) is 0 Å². The van der Waals surface area contributed by atoms with E-state index in [-0.39, 0.29) is 0 Å². The lowest BCUT2D eigenvalue weighted by atomic mass is 10.5. The zero-order valence-corrected chi connectivity index (χ0v) is 6.92. The average Bonchev–Trinajstić information content (AvgIpc) is 2.02. The van der Waals surface area contributed by atoms with Gasteiger partial charge in [0.05, 0.1) is 0 Å². The monoisotopic (exact) mass is 206 g/mol. The fraction of sp³-hybridized carbons (Fsp3) is 0.429. The van der Waals surface area contributed by atoms with E-state index < -0.39 is 18.1 Å². The molecule has 0 aliphatic heterocycles. The Balaban J connectivity index is 0. The number of hydrogen-bond donors (Lipinski definition) is 0. The molecule has 0 saturated heterocycles. The Bertz CT molecular complexity index is 184. The molecule has 13 heavy (non-hydrogen) atoms. The molecule has 0 aliphatic rings. The molecule has 0 fully saturated rings. The molecule has 0 aromatic carbocycles. The Hall–Kier alpha value is -0.940. The van der Waals surface area contributed by atoms with Gasteiger partial charge < -0.3 is 0 Å². The van der Waals surface area contributed by atoms with Crippen LogP contribution >= 0.6 is 0 Å². The lowest BCUT2D eigenvalue weighted by Gasteiger charge is -1.99. The quantitative estimate of drug-likeness (QED) is 0.521. The minimum Gasteiger partial charge on any atom is -0.202 e. The van der Waals surface area contributed by atoms with Gasteiger partial charge in [0.1, 0.15) is 0 Å². The second kappa shape index (κ2) is 6.56. The normalized spacial score (nSPS) is 11.5. The summed E-state index contributed by atoms with van der Waals surface area (Å²) in [5, 5.41) is 0. The van der Waals surface area contributed by atoms with Gasteiger partial charge in [-0.1, -0.05) is 0 Å². The van der Waals surface area contributed by atoms with Crippen LogP contribution in [-0.4, -0.2) is 6.18 Å². The van der Waals surface area contributed by atoms with E-state index in [2.05, 4.69) is 0 Å². The van der Waals surface area contributed by atoms with Gasteiger partial charge in [-0.3, -0.25) is 0 Å². The molecular formula is C7H8F6. The van der Waals surface area contributed by atoms with Crippen molar-refractivity contribution in [1.82, 2.24) is 0 Å². The molecule has 78 valence electrons. The molecule has 0 atom stereocenters. The van der Waals surface area contributed by atoms with Crippen molar-refractivity contribution in [3.8, 4) is 0 Å². The number of alkyl halides is 3. The fourth-order valence-electron chi connectivity index (χ4n) is 0.164. The molecular weight excluding hydrogens is 198 g/mol. The second-order valence-corrected chi connectivity index (χ2v) is 1.71. The van der Waals surface area contributed by atoms with Gasteiger partial charge in [-0.05, 0) is 26.0 Å². The Kier molecular flexibility index (Phi) is 7.36. The predicted molar refractivity (Wildman–Crippen MR) is 36.9 cm³/mol. The van der Waals surface area contributed by atoms with Crippen molar-refractivity contribution >= 4 is 0 Å². The summed E-state index contributed by atoms with van der Waals surface area (Å²) in [5.41, 5.74) is 0. The van der Waals surface area contributed by atoms with Gasteiger partial charge in [-0.2, -0.15) is 22.0 Å². The van der Waals surface area contributed by atoms with Gasteiger partial charge in [0, 0.05) is 0 Å². The molecule has 0 aromatic heterocycles. The molecule has 0 bridgehead atoms. The van der Waals surface area contributed by atoms with E-state index in [0.29, 0.717) is 6.08 Å². The van der Waals surface area contributed by atoms with Crippen LogP contribution in [0.2, 0.25) is 0 Å². The summed E-state index contributed by atoms with van der Waals surface area (Å²) in [6.45, 7) is 2.28. The third-order valence-corrected chi connectivity index (χ3v) is 0.742. The Morgan fingerprint density at radius 2 is 1.23 bits per heavy atom. The molecule has 0 amide bonds. The van der Waals surface area contributed by atoms with Crippen LogP contribution in [0.4, 0.5) is 26.3 Å². The first-order chi connectivity index (χ1) is 5.75. The summed E-state index contributed by atoms with van der Waals surface area (Å²) < 4.78 is 65.6. The first-order valence-electron chi connectivity index (χ1n) is 3.12. The standard InChI is InChI=1S/C4H4F4.C3H4F2/c1-2-3(5)4(6,7)8;1-2-3(4)5/h2H,1H3;2H,1H3. The van der Waals surface area contributed by atoms with Crippen LogP contribution in [0.1, 0.15) is 13.8 Å². The number of hydrogen-bond acceptors (Lipinski definition) is 0. The topological polar surface area (TPSA) is 0 Å². The highest BCUT2D eigenvalue weighted by atomic mass is 19.4. The third kappa shape index (κ3) is 11.1. The summed E-state index contributed by atoms with van der Waals surface area (Å²) in [7, 11) is 0. The van der Waals surface area contributed by atoms with Crippen molar-refractivity contribution < 1.29 is 26.3 Å². The van der Waals surface area contributed by atoms with Crippen molar-refractivity contribution in [2.24, 2.45) is 0 Å². The molecule has 0 aliphatic carbocycles. The Labute approximate surface area is 71.5 Å². The van der Waals surface area contributed by atoms with E-state index >= 15 is 0 Å². The van der Waals surface area contributed by atoms with E-state index in [1.54, 1.807) is 0 Å². The van der Waals surface area contributed by atoms with Crippen LogP contribution < -0.4 is 0 Å². The largest absolute Gasteiger partial charge is 0.442 e. The zero-order chi connectivity index (χ0) is 11.1. The summed E-state index contributed by atoms with van der Waals surface area (Å²) in [5.74, 6) is -2.04. The molecule has 0 nitrogen and oxygen atoms in total. The summed E-state index contributed by atoms with van der Waals surface area (Å²) in [4.78, 5) is 0. The van der Waals surface area contributed by atoms with Gasteiger partial charge in [-0.25, -0.2) is 4.39 Å². The minimum atomic E-state index is -4.80. The molecule has 0 unspecified atom stereocenters. The lowest BCUT2D eigenvalue weighted by molar-refractivity contribution is -0.108. The predicted octanol–water partition coefficient (Wildman–Crippen LogP) is 4.21. The SMILES string of the molecule is CC=C(F)C(F)(F)F.CC=C(F)F. The summed E-state index contributed by atoms with van der Waals surface area (Å²) in [6, 6.07) is 0. The van der Waals surface area contributed by atoms with E-state index in [1.807, 2.05) is 0 Å². The van der Waals surface area contributed by atoms with Crippen LogP contribution in [0.5, 0.6) is 0 Å². The number of allylic oxidation sites excluding steroid dienone is 3. The van der Waals surface area contributed by atoms with E-state index in [4.69, 9.17) is 0 Å². The van der Waals surface area contributed by atoms with Gasteiger partial charge in [0.25, 0.3) is 6.08 Å². The lowest BCUT2D eigenvalue weighted by Crippen LogP contribution is -2.06. The Morgan fingerprint density at radius 1 is 0.923 bits per heavy atom. The number of halogens is 6. The van der Waals surface area contributed by atoms with Crippen LogP contribution in [0.25, 0.3) is 0 Å². The second-order valence-electron chi connectivity index (χ2n) is 1.71. The van der Waals surface area contributed by atoms with Crippen molar-refractivity contribution in [1.29, 1.82) is 0 Å². The summed E-state index contributed by atoms with van der Waals surface area (Å²) in [6.07, 6.45) is -5.29. The first-order valence-corrected chi connectivity index (χ1v) is 3.12. The van der Waals surface area contributed by atoms with Crippen LogP contribution in [-0.2, 0) is 0 Å². The molecule has 0 spiro atoms. The molecule has 0 radical (unpaired) electrons. The first kappa shape index (κ1) is 14.6. The average molecular weight is 206 g/mol. The smallest absolute Gasteiger partial charge is 0.202 e. The van der Waals surface area contributed by atoms with E-state index in [0.717, 1.165) is 13.0 Å². The highest BCUT2D eigenvalue weighted by Crippen LogP contribution is 2.25. The van der Waals surface area contributed by atoms with Crippen LogP contribution in [0.3, 0.4) is 0 Å². The fourth-order valence-corrected chi connectivity index (χ4v) is 0.164. The van der Waals surface area contributed by atoms with E-state index in [1.165, 1.54) is 6.92 Å². The molecule has 0 rings (SSSR count). The van der Waals surface area contributed by atoms with Gasteiger partial charge in [0.15, 0.2) is 5.83 Å². The maximum Gasteiger partial charge on any atom is 0.442 e. The van der Waals surface area contributed by atoms with Crippen LogP contribution in [0.15, 0.2) is 24.1 Å². The zero-order valence-electron chi connectivity index (χ0n) is 6.92. The maximum atomic E-state index is 11.4. The summed E-state index contributed by atoms with van der Waals surface area (Å²) >= 11 is 0. The maximum absolute atomic E-state index is 11.4. The van der Waals surface area contributed by atoms with Crippen molar-refractivity contribution in [3.63, 3.8) is 0 Å². The van der Waals surface area contributed by atoms with E-state index in [9.17, 15) is 26.3 Å². The molecule has 0 N–H and O–H groups in total. The Morgan fingerprint density at radius 3 is 1.23 bits per heavy atom. The minimum absolute atomic E-state index is 0.375. The molecule has 6 heteroatoms. The van der Waals surface area contributed by atoms with Crippen molar-refractivity contribution in [2.75, 3.05) is 0 Å². The van der Waals surface area contributed by atoms with Gasteiger partial charge in [-0.15, -0.1) is 0 Å². The molecule has 0 heterocycles. The highest BCUT2D eigenvalue weighted by Gasteiger charge is 2.33. The molecule has 0 saturated carbocycles. The van der Waals surface area contributed by atoms with Crippen molar-refractivity contribution in [3.05, 3.63) is 24.1 Å². The third-order valence-electron chi connectivity index (χ3n) is 0.742. The van der Waals surface area contributed by atoms with Gasteiger partial charge in [0.2, 0.25) is 0 Å². The molecule has 0 aromatic rings. The van der Waals surface area contributed by atoms with Crippen molar-refractivity contribution in [2.45, 2.75) is 20.0 Å².